The van der Waals surface area contributed by atoms with Gasteiger partial charge in [0.1, 0.15) is 0 Å². The molecule has 0 aromatic rings. The third-order valence-electron chi connectivity index (χ3n) is 1.49. The van der Waals surface area contributed by atoms with E-state index in [9.17, 15) is 5.11 Å². The topological polar surface area (TPSA) is 82.1 Å². The Labute approximate surface area is 67.3 Å². The highest BCUT2D eigenvalue weighted by Gasteiger charge is 2.21. The second kappa shape index (κ2) is 3.57. The van der Waals surface area contributed by atoms with Crippen molar-refractivity contribution in [1.82, 2.24) is 5.32 Å². The lowest BCUT2D eigenvalue weighted by Gasteiger charge is -2.25. The van der Waals surface area contributed by atoms with Crippen molar-refractivity contribution in [2.75, 3.05) is 6.54 Å². The van der Waals surface area contributed by atoms with Crippen LogP contribution in [0.1, 0.15) is 20.8 Å². The van der Waals surface area contributed by atoms with Crippen LogP contribution >= 0.6 is 0 Å². The molecule has 0 fully saturated rings. The molecule has 5 N–H and O–H groups in total. The smallest absolute Gasteiger partial charge is 0.185 e. The lowest BCUT2D eigenvalue weighted by molar-refractivity contribution is 0.0669. The molecule has 0 rings (SSSR count). The molecule has 11 heavy (non-hydrogen) atoms. The van der Waals surface area contributed by atoms with E-state index in [0.717, 1.165) is 0 Å². The fraction of sp³-hybridized carbons (Fsp3) is 0.857. The predicted molar refractivity (Wildman–Crippen MR) is 45.4 cm³/mol. The molecule has 0 aliphatic heterocycles. The summed E-state index contributed by atoms with van der Waals surface area (Å²) in [6.07, 6.45) is -0.480. The van der Waals surface area contributed by atoms with Gasteiger partial charge < -0.3 is 16.2 Å². The Bertz CT molecular complexity index is 139. The fourth-order valence-electron chi connectivity index (χ4n) is 0.513. The summed E-state index contributed by atoms with van der Waals surface area (Å²) in [5.41, 5.74) is 4.88. The van der Waals surface area contributed by atoms with Crippen LogP contribution in [0.15, 0.2) is 0 Å². The van der Waals surface area contributed by atoms with Crippen molar-refractivity contribution >= 4 is 5.96 Å². The quantitative estimate of drug-likeness (QED) is 0.335. The van der Waals surface area contributed by atoms with Gasteiger partial charge in [-0.25, -0.2) is 0 Å². The highest BCUT2D eigenvalue weighted by molar-refractivity contribution is 5.74. The highest BCUT2D eigenvalue weighted by Crippen LogP contribution is 2.17. The van der Waals surface area contributed by atoms with E-state index < -0.39 is 6.10 Å². The molecule has 0 aromatic carbocycles. The minimum absolute atomic E-state index is 0.103. The standard InChI is InChI=1S/C7H17N3O/c1-7(2,3)5(11)4-10-6(8)9/h5,11H,4H2,1-3H3,(H4,8,9,10). The van der Waals surface area contributed by atoms with Crippen molar-refractivity contribution in [3.63, 3.8) is 0 Å². The van der Waals surface area contributed by atoms with E-state index in [0.29, 0.717) is 6.54 Å². The summed E-state index contributed by atoms with van der Waals surface area (Å²) in [5.74, 6) is -0.103. The van der Waals surface area contributed by atoms with Crippen LogP contribution in [0.25, 0.3) is 0 Å². The van der Waals surface area contributed by atoms with Crippen LogP contribution in [0.5, 0.6) is 0 Å². The molecule has 66 valence electrons. The Morgan fingerprint density at radius 2 is 2.09 bits per heavy atom. The molecular weight excluding hydrogens is 142 g/mol. The van der Waals surface area contributed by atoms with Crippen LogP contribution in [0.4, 0.5) is 0 Å². The predicted octanol–water partition coefficient (Wildman–Crippen LogP) is -0.124. The van der Waals surface area contributed by atoms with Gasteiger partial charge in [0.05, 0.1) is 6.10 Å². The largest absolute Gasteiger partial charge is 0.391 e. The fourth-order valence-corrected chi connectivity index (χ4v) is 0.513. The Hall–Kier alpha value is -0.770. The van der Waals surface area contributed by atoms with Crippen molar-refractivity contribution in [3.8, 4) is 0 Å². The van der Waals surface area contributed by atoms with Gasteiger partial charge in [0.25, 0.3) is 0 Å². The third kappa shape index (κ3) is 4.61. The Morgan fingerprint density at radius 1 is 1.64 bits per heavy atom. The van der Waals surface area contributed by atoms with Crippen LogP contribution in [-0.4, -0.2) is 23.7 Å². The average Bonchev–Trinajstić information content (AvgIpc) is 1.80. The highest BCUT2D eigenvalue weighted by atomic mass is 16.3. The zero-order chi connectivity index (χ0) is 9.07. The van der Waals surface area contributed by atoms with Gasteiger partial charge in [0.15, 0.2) is 5.96 Å². The van der Waals surface area contributed by atoms with E-state index in [2.05, 4.69) is 5.32 Å². The van der Waals surface area contributed by atoms with Crippen molar-refractivity contribution in [2.24, 2.45) is 11.1 Å². The van der Waals surface area contributed by atoms with Gasteiger partial charge in [-0.2, -0.15) is 0 Å². The van der Waals surface area contributed by atoms with E-state index in [4.69, 9.17) is 11.1 Å². The van der Waals surface area contributed by atoms with Gasteiger partial charge in [0.2, 0.25) is 0 Å². The molecule has 0 radical (unpaired) electrons. The van der Waals surface area contributed by atoms with E-state index in [1.54, 1.807) is 0 Å². The number of rotatable bonds is 2. The average molecular weight is 159 g/mol. The summed E-state index contributed by atoms with van der Waals surface area (Å²) in [7, 11) is 0. The minimum atomic E-state index is -0.480. The van der Waals surface area contributed by atoms with Crippen LogP contribution in [0, 0.1) is 10.8 Å². The molecule has 0 amide bonds. The molecule has 0 heterocycles. The number of aliphatic hydroxyl groups is 1. The monoisotopic (exact) mass is 159 g/mol. The molecule has 0 saturated carbocycles. The number of hydrogen-bond donors (Lipinski definition) is 4. The second-order valence-electron chi connectivity index (χ2n) is 3.68. The number of nitrogens with two attached hydrogens (primary N) is 1. The summed E-state index contributed by atoms with van der Waals surface area (Å²) in [5, 5.41) is 18.8. The van der Waals surface area contributed by atoms with Crippen molar-refractivity contribution < 1.29 is 5.11 Å². The normalized spacial score (nSPS) is 14.2. The molecule has 0 saturated heterocycles. The van der Waals surface area contributed by atoms with Gasteiger partial charge in [-0.15, -0.1) is 0 Å². The maximum absolute atomic E-state index is 9.42. The molecule has 0 aliphatic rings. The lowest BCUT2D eigenvalue weighted by Crippen LogP contribution is -2.41. The first-order valence-electron chi connectivity index (χ1n) is 3.60. The van der Waals surface area contributed by atoms with Crippen molar-refractivity contribution in [2.45, 2.75) is 26.9 Å². The van der Waals surface area contributed by atoms with E-state index in [1.165, 1.54) is 0 Å². The van der Waals surface area contributed by atoms with Gasteiger partial charge in [-0.05, 0) is 5.41 Å². The zero-order valence-corrected chi connectivity index (χ0v) is 7.31. The molecule has 1 atom stereocenters. The first-order chi connectivity index (χ1) is 4.84. The molecule has 1 unspecified atom stereocenters. The summed E-state index contributed by atoms with van der Waals surface area (Å²) >= 11 is 0. The Morgan fingerprint density at radius 3 is 2.36 bits per heavy atom. The number of guanidine groups is 1. The SMILES string of the molecule is CC(C)(C)C(O)CNC(=N)N. The van der Waals surface area contributed by atoms with Gasteiger partial charge in [-0.3, -0.25) is 5.41 Å². The zero-order valence-electron chi connectivity index (χ0n) is 7.31. The van der Waals surface area contributed by atoms with Crippen LogP contribution in [0.2, 0.25) is 0 Å². The summed E-state index contributed by atoms with van der Waals surface area (Å²) in [6, 6.07) is 0. The maximum atomic E-state index is 9.42. The molecule has 0 bridgehead atoms. The maximum Gasteiger partial charge on any atom is 0.185 e. The van der Waals surface area contributed by atoms with Crippen molar-refractivity contribution in [1.29, 1.82) is 5.41 Å². The molecule has 0 spiro atoms. The van der Waals surface area contributed by atoms with Crippen molar-refractivity contribution in [3.05, 3.63) is 0 Å². The van der Waals surface area contributed by atoms with Gasteiger partial charge in [0, 0.05) is 6.54 Å². The number of hydrogen-bond acceptors (Lipinski definition) is 2. The first kappa shape index (κ1) is 10.2. The van der Waals surface area contributed by atoms with E-state index >= 15 is 0 Å². The van der Waals surface area contributed by atoms with Gasteiger partial charge >= 0.3 is 0 Å². The van der Waals surface area contributed by atoms with Crippen LogP contribution in [0.3, 0.4) is 0 Å². The van der Waals surface area contributed by atoms with Crippen LogP contribution in [-0.2, 0) is 0 Å². The first-order valence-corrected chi connectivity index (χ1v) is 3.60. The van der Waals surface area contributed by atoms with Gasteiger partial charge in [-0.1, -0.05) is 20.8 Å². The summed E-state index contributed by atoms with van der Waals surface area (Å²) in [4.78, 5) is 0. The Kier molecular flexibility index (Phi) is 3.32. The number of aliphatic hydroxyl groups excluding tert-OH is 1. The molecule has 0 aromatic heterocycles. The summed E-state index contributed by atoms with van der Waals surface area (Å²) < 4.78 is 0. The lowest BCUT2D eigenvalue weighted by atomic mass is 9.89. The second-order valence-corrected chi connectivity index (χ2v) is 3.68. The molecule has 4 nitrogen and oxygen atoms in total. The molecule has 0 aliphatic carbocycles. The van der Waals surface area contributed by atoms with E-state index in [1.807, 2.05) is 20.8 Å². The third-order valence-corrected chi connectivity index (χ3v) is 1.49. The number of nitrogens with one attached hydrogen (secondary N) is 2. The van der Waals surface area contributed by atoms with E-state index in [-0.39, 0.29) is 11.4 Å². The summed E-state index contributed by atoms with van der Waals surface area (Å²) in [6.45, 7) is 6.12. The molecular formula is C7H17N3O. The minimum Gasteiger partial charge on any atom is -0.391 e. The van der Waals surface area contributed by atoms with Crippen LogP contribution < -0.4 is 11.1 Å². The molecule has 4 heteroatoms. The Balaban J connectivity index is 3.70.